The van der Waals surface area contributed by atoms with E-state index in [1.807, 2.05) is 12.1 Å². The fourth-order valence-corrected chi connectivity index (χ4v) is 2.34. The normalized spacial score (nSPS) is 14.7. The monoisotopic (exact) mass is 413 g/mol. The van der Waals surface area contributed by atoms with Gasteiger partial charge in [0.2, 0.25) is 0 Å². The van der Waals surface area contributed by atoms with E-state index in [9.17, 15) is 0 Å². The molecule has 120 valence electrons. The number of rotatable bonds is 5. The van der Waals surface area contributed by atoms with Gasteiger partial charge >= 0.3 is 0 Å². The third kappa shape index (κ3) is 4.34. The van der Waals surface area contributed by atoms with Crippen molar-refractivity contribution >= 4 is 35.6 Å². The lowest BCUT2D eigenvalue weighted by molar-refractivity contribution is 0.738. The molecule has 0 bridgehead atoms. The number of aryl methyl sites for hydroxylation is 1. The second-order valence-electron chi connectivity index (χ2n) is 5.65. The first-order chi connectivity index (χ1) is 10.3. The Labute approximate surface area is 148 Å². The maximum atomic E-state index is 4.63. The second-order valence-corrected chi connectivity index (χ2v) is 5.65. The molecule has 0 unspecified atom stereocenters. The van der Waals surface area contributed by atoms with E-state index in [0.29, 0.717) is 6.54 Å². The first kappa shape index (κ1) is 17.1. The molecule has 1 aliphatic carbocycles. The fourth-order valence-electron chi connectivity index (χ4n) is 2.34. The highest BCUT2D eigenvalue weighted by Gasteiger charge is 2.21. The Hall–Kier alpha value is -1.31. The van der Waals surface area contributed by atoms with Gasteiger partial charge in [0.05, 0.1) is 12.2 Å². The van der Waals surface area contributed by atoms with Crippen LogP contribution >= 0.6 is 24.0 Å². The molecule has 1 saturated carbocycles. The zero-order valence-electron chi connectivity index (χ0n) is 13.2. The third-order valence-electron chi connectivity index (χ3n) is 3.74. The van der Waals surface area contributed by atoms with Crippen molar-refractivity contribution in [1.82, 2.24) is 20.0 Å². The lowest BCUT2D eigenvalue weighted by atomic mass is 10.4. The Balaban J connectivity index is 0.00000176. The molecule has 0 amide bonds. The summed E-state index contributed by atoms with van der Waals surface area (Å²) in [6.45, 7) is 6.67. The Morgan fingerprint density at radius 1 is 1.36 bits per heavy atom. The van der Waals surface area contributed by atoms with Crippen molar-refractivity contribution in [3.05, 3.63) is 35.8 Å². The molecule has 0 atom stereocenters. The van der Waals surface area contributed by atoms with Crippen LogP contribution in [0.5, 0.6) is 0 Å². The Bertz CT molecular complexity index is 645. The first-order valence-corrected chi connectivity index (χ1v) is 7.72. The predicted molar refractivity (Wildman–Crippen MR) is 101 cm³/mol. The lowest BCUT2D eigenvalue weighted by Crippen LogP contribution is -2.38. The summed E-state index contributed by atoms with van der Waals surface area (Å²) >= 11 is 0. The Morgan fingerprint density at radius 3 is 2.86 bits per heavy atom. The van der Waals surface area contributed by atoms with E-state index in [2.05, 4.69) is 51.1 Å². The number of imidazole rings is 1. The van der Waals surface area contributed by atoms with Crippen molar-refractivity contribution in [2.75, 3.05) is 13.1 Å². The molecule has 0 aliphatic heterocycles. The first-order valence-electron chi connectivity index (χ1n) is 7.72. The highest BCUT2D eigenvalue weighted by atomic mass is 127. The smallest absolute Gasteiger partial charge is 0.191 e. The highest BCUT2D eigenvalue weighted by molar-refractivity contribution is 14.0. The quantitative estimate of drug-likeness (QED) is 0.450. The summed E-state index contributed by atoms with van der Waals surface area (Å²) in [5.41, 5.74) is 3.16. The number of halogens is 1. The summed E-state index contributed by atoms with van der Waals surface area (Å²) in [5.74, 6) is 1.73. The van der Waals surface area contributed by atoms with E-state index in [0.717, 1.165) is 36.3 Å². The number of fused-ring (bicyclic) bond motifs is 1. The minimum absolute atomic E-state index is 0. The van der Waals surface area contributed by atoms with Gasteiger partial charge in [0.15, 0.2) is 5.96 Å². The molecule has 3 rings (SSSR count). The van der Waals surface area contributed by atoms with Crippen LogP contribution < -0.4 is 10.6 Å². The molecule has 2 aromatic heterocycles. The van der Waals surface area contributed by atoms with E-state index in [4.69, 9.17) is 0 Å². The van der Waals surface area contributed by atoms with Crippen LogP contribution in [0.4, 0.5) is 0 Å². The lowest BCUT2D eigenvalue weighted by Gasteiger charge is -2.10. The van der Waals surface area contributed by atoms with E-state index in [-0.39, 0.29) is 24.0 Å². The maximum absolute atomic E-state index is 4.63. The van der Waals surface area contributed by atoms with Gasteiger partial charge in [-0.25, -0.2) is 9.98 Å². The van der Waals surface area contributed by atoms with Crippen LogP contribution in [0.1, 0.15) is 31.2 Å². The van der Waals surface area contributed by atoms with Gasteiger partial charge in [-0.3, -0.25) is 0 Å². The number of guanidine groups is 1. The van der Waals surface area contributed by atoms with Crippen LogP contribution in [0.15, 0.2) is 29.4 Å². The molecular formula is C16H24IN5. The van der Waals surface area contributed by atoms with E-state index >= 15 is 0 Å². The number of aromatic nitrogens is 2. The molecule has 2 aromatic rings. The van der Waals surface area contributed by atoms with E-state index in [1.54, 1.807) is 0 Å². The van der Waals surface area contributed by atoms with Crippen molar-refractivity contribution in [2.24, 2.45) is 10.9 Å². The van der Waals surface area contributed by atoms with Gasteiger partial charge in [-0.2, -0.15) is 0 Å². The summed E-state index contributed by atoms with van der Waals surface area (Å²) < 4.78 is 2.11. The summed E-state index contributed by atoms with van der Waals surface area (Å²) in [6.07, 6.45) is 4.76. The van der Waals surface area contributed by atoms with Crippen LogP contribution in [0.2, 0.25) is 0 Å². The van der Waals surface area contributed by atoms with Gasteiger partial charge in [-0.15, -0.1) is 24.0 Å². The number of pyridine rings is 1. The SMILES string of the molecule is CCNC(=NCc1cn2c(C)cccc2n1)NCC1CC1.I. The number of hydrogen-bond donors (Lipinski definition) is 2. The van der Waals surface area contributed by atoms with Crippen molar-refractivity contribution in [3.8, 4) is 0 Å². The van der Waals surface area contributed by atoms with Crippen LogP contribution in [0.25, 0.3) is 5.65 Å². The van der Waals surface area contributed by atoms with Gasteiger partial charge in [0.25, 0.3) is 0 Å². The number of nitrogens with zero attached hydrogens (tertiary/aromatic N) is 3. The topological polar surface area (TPSA) is 53.7 Å². The van der Waals surface area contributed by atoms with E-state index < -0.39 is 0 Å². The number of nitrogens with one attached hydrogen (secondary N) is 2. The van der Waals surface area contributed by atoms with Crippen molar-refractivity contribution < 1.29 is 0 Å². The molecule has 1 fully saturated rings. The van der Waals surface area contributed by atoms with Gasteiger partial charge in [0.1, 0.15) is 5.65 Å². The summed E-state index contributed by atoms with van der Waals surface area (Å²) in [6, 6.07) is 6.14. The van der Waals surface area contributed by atoms with Crippen LogP contribution in [0, 0.1) is 12.8 Å². The fraction of sp³-hybridized carbons (Fsp3) is 0.500. The molecule has 0 saturated heterocycles. The van der Waals surface area contributed by atoms with Gasteiger partial charge in [-0.05, 0) is 44.7 Å². The molecular weight excluding hydrogens is 389 g/mol. The largest absolute Gasteiger partial charge is 0.357 e. The van der Waals surface area contributed by atoms with Crippen LogP contribution in [-0.4, -0.2) is 28.4 Å². The zero-order chi connectivity index (χ0) is 14.7. The molecule has 6 heteroatoms. The zero-order valence-corrected chi connectivity index (χ0v) is 15.5. The minimum atomic E-state index is 0. The minimum Gasteiger partial charge on any atom is -0.357 e. The van der Waals surface area contributed by atoms with Gasteiger partial charge in [0, 0.05) is 25.0 Å². The molecule has 1 aliphatic rings. The molecule has 0 aromatic carbocycles. The second kappa shape index (κ2) is 7.80. The average molecular weight is 413 g/mol. The van der Waals surface area contributed by atoms with Gasteiger partial charge < -0.3 is 15.0 Å². The number of hydrogen-bond acceptors (Lipinski definition) is 2. The Kier molecular flexibility index (Phi) is 6.05. The maximum Gasteiger partial charge on any atom is 0.191 e. The summed E-state index contributed by atoms with van der Waals surface area (Å²) in [4.78, 5) is 9.24. The summed E-state index contributed by atoms with van der Waals surface area (Å²) in [7, 11) is 0. The van der Waals surface area contributed by atoms with Crippen molar-refractivity contribution in [2.45, 2.75) is 33.2 Å². The number of aliphatic imine (C=N–C) groups is 1. The third-order valence-corrected chi connectivity index (χ3v) is 3.74. The predicted octanol–water partition coefficient (Wildman–Crippen LogP) is 2.73. The van der Waals surface area contributed by atoms with Crippen LogP contribution in [-0.2, 0) is 6.54 Å². The molecule has 2 N–H and O–H groups in total. The van der Waals surface area contributed by atoms with E-state index in [1.165, 1.54) is 18.5 Å². The molecule has 0 spiro atoms. The van der Waals surface area contributed by atoms with Gasteiger partial charge in [-0.1, -0.05) is 6.07 Å². The average Bonchev–Trinajstić information content (AvgIpc) is 3.20. The van der Waals surface area contributed by atoms with Crippen molar-refractivity contribution in [3.63, 3.8) is 0 Å². The molecule has 2 heterocycles. The Morgan fingerprint density at radius 2 is 2.18 bits per heavy atom. The van der Waals surface area contributed by atoms with Crippen LogP contribution in [0.3, 0.4) is 0 Å². The summed E-state index contributed by atoms with van der Waals surface area (Å²) in [5, 5.41) is 6.69. The molecule has 0 radical (unpaired) electrons. The highest BCUT2D eigenvalue weighted by Crippen LogP contribution is 2.27. The van der Waals surface area contributed by atoms with Crippen molar-refractivity contribution in [1.29, 1.82) is 0 Å². The molecule has 22 heavy (non-hydrogen) atoms. The molecule has 5 nitrogen and oxygen atoms in total. The standard InChI is InChI=1S/C16H23N5.HI/c1-3-17-16(18-9-13-7-8-13)19-10-14-11-21-12(2)5-4-6-15(21)20-14;/h4-6,11,13H,3,7-10H2,1-2H3,(H2,17,18,19);1H.